The molecule has 1 aliphatic heterocycles. The van der Waals surface area contributed by atoms with E-state index in [9.17, 15) is 14.0 Å². The fourth-order valence-electron chi connectivity index (χ4n) is 3.16. The number of nitrogens with one attached hydrogen (secondary N) is 2. The first-order valence-electron chi connectivity index (χ1n) is 9.70. The number of pyridine rings is 1. The number of nitrogens with zero attached hydrogens (tertiary/aromatic N) is 2. The lowest BCUT2D eigenvalue weighted by Crippen LogP contribution is -2.17. The van der Waals surface area contributed by atoms with Gasteiger partial charge in [-0.25, -0.2) is 9.37 Å². The molecule has 0 bridgehead atoms. The molecule has 1 aromatic heterocycles. The molecule has 1 amide bonds. The molecule has 2 aromatic carbocycles. The minimum atomic E-state index is -0.704. The lowest BCUT2D eigenvalue weighted by molar-refractivity contribution is 0.0988. The monoisotopic (exact) mass is 470 g/mol. The van der Waals surface area contributed by atoms with E-state index >= 15 is 0 Å². The molecule has 3 aromatic rings. The number of carbonyl (C=O) groups is 2. The fraction of sp³-hybridized carbons (Fsp3) is 0.130. The standard InChI is InChI=1S/C23H17Cl2FN4O2/c24-15-3-1-13(18(11-15)23(32)29-21-6-4-16(25)12-28-21)10-20(31)17-5-2-14(9-19(17)26)22(27)30-7-8-30/h1-6,9,11-12,27H,7-8,10H2,(H,28,29,32). The van der Waals surface area contributed by atoms with Crippen LogP contribution in [0.15, 0.2) is 54.7 Å². The summed E-state index contributed by atoms with van der Waals surface area (Å²) in [5, 5.41) is 11.4. The average molecular weight is 471 g/mol. The molecule has 0 spiro atoms. The molecule has 4 rings (SSSR count). The number of rotatable bonds is 6. The van der Waals surface area contributed by atoms with Gasteiger partial charge < -0.3 is 10.2 Å². The van der Waals surface area contributed by atoms with Crippen molar-refractivity contribution in [3.8, 4) is 0 Å². The Hall–Kier alpha value is -3.29. The summed E-state index contributed by atoms with van der Waals surface area (Å²) in [4.78, 5) is 31.4. The van der Waals surface area contributed by atoms with E-state index in [0.29, 0.717) is 21.2 Å². The Morgan fingerprint density at radius 3 is 2.44 bits per heavy atom. The first-order valence-corrected chi connectivity index (χ1v) is 10.5. The van der Waals surface area contributed by atoms with E-state index in [2.05, 4.69) is 10.3 Å². The van der Waals surface area contributed by atoms with Gasteiger partial charge in [0.15, 0.2) is 5.78 Å². The highest BCUT2D eigenvalue weighted by atomic mass is 35.5. The third kappa shape index (κ3) is 4.95. The van der Waals surface area contributed by atoms with Gasteiger partial charge in [0.25, 0.3) is 5.91 Å². The van der Waals surface area contributed by atoms with Crippen molar-refractivity contribution >= 4 is 46.5 Å². The highest BCUT2D eigenvalue weighted by Crippen LogP contribution is 2.22. The van der Waals surface area contributed by atoms with Gasteiger partial charge in [-0.1, -0.05) is 35.3 Å². The maximum atomic E-state index is 14.6. The molecule has 0 atom stereocenters. The van der Waals surface area contributed by atoms with E-state index in [1.807, 2.05) is 0 Å². The van der Waals surface area contributed by atoms with E-state index in [1.54, 1.807) is 35.2 Å². The number of amidine groups is 1. The summed E-state index contributed by atoms with van der Waals surface area (Å²) < 4.78 is 14.6. The Labute approximate surface area is 193 Å². The Bertz CT molecular complexity index is 1230. The molecule has 6 nitrogen and oxygen atoms in total. The van der Waals surface area contributed by atoms with Gasteiger partial charge in [-0.3, -0.25) is 15.0 Å². The van der Waals surface area contributed by atoms with Gasteiger partial charge in [0.2, 0.25) is 0 Å². The summed E-state index contributed by atoms with van der Waals surface area (Å²) in [5.41, 5.74) is 0.890. The van der Waals surface area contributed by atoms with Crippen molar-refractivity contribution in [3.05, 3.63) is 92.8 Å². The Morgan fingerprint density at radius 2 is 1.78 bits per heavy atom. The zero-order valence-corrected chi connectivity index (χ0v) is 18.2. The number of aromatic nitrogens is 1. The SMILES string of the molecule is N=C(c1ccc(C(=O)Cc2ccc(Cl)cc2C(=O)Nc2ccc(Cl)cn2)c(F)c1)N1CC1. The normalized spacial score (nSPS) is 12.4. The number of halogens is 3. The van der Waals surface area contributed by atoms with Gasteiger partial charge >= 0.3 is 0 Å². The second-order valence-corrected chi connectivity index (χ2v) is 8.12. The maximum absolute atomic E-state index is 14.6. The van der Waals surface area contributed by atoms with E-state index in [1.165, 1.54) is 24.4 Å². The van der Waals surface area contributed by atoms with Crippen LogP contribution in [0.2, 0.25) is 10.0 Å². The van der Waals surface area contributed by atoms with Gasteiger partial charge in [-0.15, -0.1) is 0 Å². The van der Waals surface area contributed by atoms with Crippen molar-refractivity contribution in [1.82, 2.24) is 9.88 Å². The predicted octanol–water partition coefficient (Wildman–Crippen LogP) is 4.85. The predicted molar refractivity (Wildman–Crippen MR) is 121 cm³/mol. The third-order valence-corrected chi connectivity index (χ3v) is 5.40. The van der Waals surface area contributed by atoms with E-state index in [0.717, 1.165) is 13.1 Å². The van der Waals surface area contributed by atoms with Crippen molar-refractivity contribution in [2.45, 2.75) is 6.42 Å². The van der Waals surface area contributed by atoms with Crippen LogP contribution < -0.4 is 5.32 Å². The van der Waals surface area contributed by atoms with Crippen LogP contribution in [0.25, 0.3) is 0 Å². The van der Waals surface area contributed by atoms with Crippen LogP contribution >= 0.6 is 23.2 Å². The second-order valence-electron chi connectivity index (χ2n) is 7.25. The fourth-order valence-corrected chi connectivity index (χ4v) is 3.44. The van der Waals surface area contributed by atoms with Gasteiger partial charge in [-0.2, -0.15) is 0 Å². The summed E-state index contributed by atoms with van der Waals surface area (Å²) >= 11 is 11.9. The van der Waals surface area contributed by atoms with Crippen LogP contribution in [0.5, 0.6) is 0 Å². The average Bonchev–Trinajstić information content (AvgIpc) is 3.61. The molecular formula is C23H17Cl2FN4O2. The number of hydrogen-bond donors (Lipinski definition) is 2. The first-order chi connectivity index (χ1) is 15.3. The number of ketones is 1. The zero-order valence-electron chi connectivity index (χ0n) is 16.7. The Balaban J connectivity index is 1.55. The molecule has 9 heteroatoms. The van der Waals surface area contributed by atoms with Crippen molar-refractivity contribution in [3.63, 3.8) is 0 Å². The molecule has 0 saturated carbocycles. The number of benzene rings is 2. The molecule has 0 aliphatic carbocycles. The molecule has 162 valence electrons. The van der Waals surface area contributed by atoms with E-state index in [4.69, 9.17) is 28.6 Å². The highest BCUT2D eigenvalue weighted by Gasteiger charge is 2.24. The first kappa shape index (κ1) is 21.9. The van der Waals surface area contributed by atoms with E-state index in [-0.39, 0.29) is 29.2 Å². The summed E-state index contributed by atoms with van der Waals surface area (Å²) in [6.45, 7) is 1.54. The van der Waals surface area contributed by atoms with Gasteiger partial charge in [0.05, 0.1) is 10.6 Å². The van der Waals surface area contributed by atoms with Gasteiger partial charge in [0.1, 0.15) is 17.5 Å². The molecule has 0 radical (unpaired) electrons. The molecule has 2 N–H and O–H groups in total. The van der Waals surface area contributed by atoms with Crippen LogP contribution in [-0.2, 0) is 6.42 Å². The summed E-state index contributed by atoms with van der Waals surface area (Å²) in [6.07, 6.45) is 1.19. The topological polar surface area (TPSA) is 85.9 Å². The van der Waals surface area contributed by atoms with Gasteiger partial charge in [-0.05, 0) is 42.0 Å². The molecule has 2 heterocycles. The van der Waals surface area contributed by atoms with Crippen LogP contribution in [0, 0.1) is 11.2 Å². The van der Waals surface area contributed by atoms with E-state index < -0.39 is 17.5 Å². The molecule has 1 saturated heterocycles. The molecule has 1 aliphatic rings. The molecule has 32 heavy (non-hydrogen) atoms. The minimum Gasteiger partial charge on any atom is -0.353 e. The second kappa shape index (κ2) is 9.06. The minimum absolute atomic E-state index is 0.104. The summed E-state index contributed by atoms with van der Waals surface area (Å²) in [6, 6.07) is 11.8. The Morgan fingerprint density at radius 1 is 1.03 bits per heavy atom. The third-order valence-electron chi connectivity index (χ3n) is 4.94. The number of carbonyl (C=O) groups excluding carboxylic acids is 2. The highest BCUT2D eigenvalue weighted by molar-refractivity contribution is 6.31. The van der Waals surface area contributed by atoms with Crippen LogP contribution in [0.1, 0.15) is 31.8 Å². The Kier molecular flexibility index (Phi) is 6.21. The lowest BCUT2D eigenvalue weighted by Gasteiger charge is -2.11. The maximum Gasteiger partial charge on any atom is 0.257 e. The van der Waals surface area contributed by atoms with Crippen molar-refractivity contribution in [2.75, 3.05) is 18.4 Å². The number of amides is 1. The van der Waals surface area contributed by atoms with Gasteiger partial charge in [0, 0.05) is 41.9 Å². The largest absolute Gasteiger partial charge is 0.353 e. The molecule has 1 fully saturated rings. The van der Waals surface area contributed by atoms with Crippen molar-refractivity contribution < 1.29 is 14.0 Å². The summed E-state index contributed by atoms with van der Waals surface area (Å²) in [7, 11) is 0. The quantitative estimate of drug-likeness (QED) is 0.233. The van der Waals surface area contributed by atoms with Crippen LogP contribution in [-0.4, -0.2) is 40.5 Å². The van der Waals surface area contributed by atoms with Crippen molar-refractivity contribution in [1.29, 1.82) is 5.41 Å². The summed E-state index contributed by atoms with van der Waals surface area (Å²) in [5.74, 6) is -1.19. The van der Waals surface area contributed by atoms with Crippen LogP contribution in [0.3, 0.4) is 0 Å². The van der Waals surface area contributed by atoms with Crippen LogP contribution in [0.4, 0.5) is 10.2 Å². The zero-order chi connectivity index (χ0) is 22.8. The van der Waals surface area contributed by atoms with Crippen molar-refractivity contribution in [2.24, 2.45) is 0 Å². The molecule has 0 unspecified atom stereocenters. The number of hydrogen-bond acceptors (Lipinski definition) is 4. The smallest absolute Gasteiger partial charge is 0.257 e. The lowest BCUT2D eigenvalue weighted by atomic mass is 9.97. The number of anilines is 1. The molecular weight excluding hydrogens is 454 g/mol. The number of Topliss-reactive ketones (excluding diaryl/α,β-unsaturated/α-hetero) is 1.